The number of carbonyl (C=O) groups is 1. The van der Waals surface area contributed by atoms with Crippen LogP contribution < -0.4 is 5.32 Å². The largest absolute Gasteiger partial charge is 0.463 e. The van der Waals surface area contributed by atoms with Crippen molar-refractivity contribution in [2.75, 3.05) is 26.9 Å². The van der Waals surface area contributed by atoms with Crippen molar-refractivity contribution < 1.29 is 18.7 Å². The molecule has 0 bridgehead atoms. The number of carbonyl (C=O) groups excluding carboxylic acids is 1. The molecule has 0 radical (unpaired) electrons. The second-order valence-electron chi connectivity index (χ2n) is 4.46. The highest BCUT2D eigenvalue weighted by atomic mass is 16.5. The van der Waals surface area contributed by atoms with E-state index in [9.17, 15) is 4.79 Å². The maximum absolute atomic E-state index is 11.4. The van der Waals surface area contributed by atoms with Crippen molar-refractivity contribution in [1.29, 1.82) is 0 Å². The molecule has 0 aromatic carbocycles. The van der Waals surface area contributed by atoms with E-state index in [1.54, 1.807) is 6.07 Å². The molecule has 0 spiro atoms. The number of hydrogen-bond donors (Lipinski definition) is 1. The summed E-state index contributed by atoms with van der Waals surface area (Å²) in [6.45, 7) is 3.30. The SMILES string of the molecule is COC(=O)c1occc1CNCCC1CCOC1. The number of furan rings is 1. The molecular weight excluding hydrogens is 234 g/mol. The summed E-state index contributed by atoms with van der Waals surface area (Å²) >= 11 is 0. The Bertz CT molecular complexity index is 382. The summed E-state index contributed by atoms with van der Waals surface area (Å²) in [7, 11) is 1.35. The Labute approximate surface area is 106 Å². The zero-order valence-electron chi connectivity index (χ0n) is 10.6. The van der Waals surface area contributed by atoms with Gasteiger partial charge in [-0.1, -0.05) is 0 Å². The third-order valence-corrected chi connectivity index (χ3v) is 3.19. The average Bonchev–Trinajstić information content (AvgIpc) is 3.04. The minimum Gasteiger partial charge on any atom is -0.463 e. The van der Waals surface area contributed by atoms with Gasteiger partial charge in [-0.25, -0.2) is 4.79 Å². The van der Waals surface area contributed by atoms with E-state index in [4.69, 9.17) is 9.15 Å². The number of hydrogen-bond acceptors (Lipinski definition) is 5. The molecule has 1 aliphatic rings. The summed E-state index contributed by atoms with van der Waals surface area (Å²) in [4.78, 5) is 11.4. The van der Waals surface area contributed by atoms with E-state index in [0.717, 1.165) is 38.2 Å². The van der Waals surface area contributed by atoms with Crippen LogP contribution in [0.5, 0.6) is 0 Å². The fraction of sp³-hybridized carbons (Fsp3) is 0.615. The van der Waals surface area contributed by atoms with Crippen LogP contribution in [-0.2, 0) is 16.0 Å². The van der Waals surface area contributed by atoms with Crippen LogP contribution in [-0.4, -0.2) is 32.8 Å². The summed E-state index contributed by atoms with van der Waals surface area (Å²) in [5.41, 5.74) is 0.838. The lowest BCUT2D eigenvalue weighted by Crippen LogP contribution is -2.19. The van der Waals surface area contributed by atoms with E-state index >= 15 is 0 Å². The van der Waals surface area contributed by atoms with E-state index in [2.05, 4.69) is 10.1 Å². The van der Waals surface area contributed by atoms with Crippen LogP contribution in [0, 0.1) is 5.92 Å². The normalized spacial score (nSPS) is 19.1. The van der Waals surface area contributed by atoms with Gasteiger partial charge in [0.25, 0.3) is 0 Å². The fourth-order valence-corrected chi connectivity index (χ4v) is 2.09. The Morgan fingerprint density at radius 2 is 2.50 bits per heavy atom. The van der Waals surface area contributed by atoms with Gasteiger partial charge in [-0.2, -0.15) is 0 Å². The molecule has 1 N–H and O–H groups in total. The highest BCUT2D eigenvalue weighted by Crippen LogP contribution is 2.16. The van der Waals surface area contributed by atoms with Crippen LogP contribution in [0.2, 0.25) is 0 Å². The molecule has 0 saturated carbocycles. The number of nitrogens with one attached hydrogen (secondary N) is 1. The number of rotatable bonds is 6. The van der Waals surface area contributed by atoms with Crippen molar-refractivity contribution in [2.45, 2.75) is 19.4 Å². The summed E-state index contributed by atoms with van der Waals surface area (Å²) in [6.07, 6.45) is 3.76. The van der Waals surface area contributed by atoms with Crippen molar-refractivity contribution >= 4 is 5.97 Å². The molecule has 1 atom stereocenters. The third-order valence-electron chi connectivity index (χ3n) is 3.19. The van der Waals surface area contributed by atoms with E-state index < -0.39 is 5.97 Å². The van der Waals surface area contributed by atoms with E-state index in [1.165, 1.54) is 13.4 Å². The summed E-state index contributed by atoms with van der Waals surface area (Å²) < 4.78 is 15.1. The van der Waals surface area contributed by atoms with Gasteiger partial charge in [0.05, 0.1) is 13.4 Å². The van der Waals surface area contributed by atoms with E-state index in [-0.39, 0.29) is 5.76 Å². The molecule has 1 unspecified atom stereocenters. The first kappa shape index (κ1) is 13.1. The lowest BCUT2D eigenvalue weighted by molar-refractivity contribution is 0.0563. The summed E-state index contributed by atoms with van der Waals surface area (Å²) in [5, 5.41) is 3.31. The molecule has 1 aromatic heterocycles. The van der Waals surface area contributed by atoms with E-state index in [1.807, 2.05) is 0 Å². The number of ether oxygens (including phenoxy) is 2. The maximum atomic E-state index is 11.4. The van der Waals surface area contributed by atoms with Gasteiger partial charge >= 0.3 is 5.97 Å². The molecule has 5 nitrogen and oxygen atoms in total. The van der Waals surface area contributed by atoms with Crippen molar-refractivity contribution in [3.8, 4) is 0 Å². The molecule has 1 saturated heterocycles. The molecule has 5 heteroatoms. The molecule has 1 aliphatic heterocycles. The molecule has 1 fully saturated rings. The molecule has 18 heavy (non-hydrogen) atoms. The predicted octanol–water partition coefficient (Wildman–Crippen LogP) is 1.58. The molecule has 0 amide bonds. The monoisotopic (exact) mass is 253 g/mol. The predicted molar refractivity (Wildman–Crippen MR) is 65.3 cm³/mol. The number of esters is 1. The highest BCUT2D eigenvalue weighted by Gasteiger charge is 2.16. The zero-order valence-corrected chi connectivity index (χ0v) is 10.6. The lowest BCUT2D eigenvalue weighted by Gasteiger charge is -2.08. The first-order valence-corrected chi connectivity index (χ1v) is 6.24. The van der Waals surface area contributed by atoms with Crippen LogP contribution in [0.1, 0.15) is 29.0 Å². The summed E-state index contributed by atoms with van der Waals surface area (Å²) in [5.74, 6) is 0.525. The fourth-order valence-electron chi connectivity index (χ4n) is 2.09. The van der Waals surface area contributed by atoms with Gasteiger partial charge in [-0.05, 0) is 31.4 Å². The molecule has 100 valence electrons. The third kappa shape index (κ3) is 3.34. The van der Waals surface area contributed by atoms with Gasteiger partial charge in [0.1, 0.15) is 0 Å². The standard InChI is InChI=1S/C13H19NO4/c1-16-13(15)12-11(4-7-18-12)8-14-5-2-10-3-6-17-9-10/h4,7,10,14H,2-3,5-6,8-9H2,1H3. The minimum absolute atomic E-state index is 0.286. The second kappa shape index (κ2) is 6.56. The van der Waals surface area contributed by atoms with Crippen molar-refractivity contribution in [3.63, 3.8) is 0 Å². The van der Waals surface area contributed by atoms with E-state index in [0.29, 0.717) is 12.5 Å². The van der Waals surface area contributed by atoms with Crippen molar-refractivity contribution in [3.05, 3.63) is 23.7 Å². The van der Waals surface area contributed by atoms with Gasteiger partial charge in [-0.15, -0.1) is 0 Å². The van der Waals surface area contributed by atoms with Gasteiger partial charge in [0.15, 0.2) is 0 Å². The van der Waals surface area contributed by atoms with Crippen LogP contribution in [0.15, 0.2) is 16.7 Å². The molecule has 2 heterocycles. The highest BCUT2D eigenvalue weighted by molar-refractivity contribution is 5.87. The molecule has 0 aliphatic carbocycles. The quantitative estimate of drug-likeness (QED) is 0.616. The molecule has 2 rings (SSSR count). The van der Waals surface area contributed by atoms with Crippen LogP contribution >= 0.6 is 0 Å². The Hall–Kier alpha value is -1.33. The van der Waals surface area contributed by atoms with Crippen LogP contribution in [0.3, 0.4) is 0 Å². The average molecular weight is 253 g/mol. The minimum atomic E-state index is -0.430. The Morgan fingerprint density at radius 1 is 1.61 bits per heavy atom. The Kier molecular flexibility index (Phi) is 4.78. The molecular formula is C13H19NO4. The topological polar surface area (TPSA) is 60.7 Å². The first-order chi connectivity index (χ1) is 8.81. The lowest BCUT2D eigenvalue weighted by atomic mass is 10.1. The van der Waals surface area contributed by atoms with Crippen LogP contribution in [0.25, 0.3) is 0 Å². The van der Waals surface area contributed by atoms with Gasteiger partial charge in [0.2, 0.25) is 5.76 Å². The molecule has 1 aromatic rings. The smallest absolute Gasteiger partial charge is 0.374 e. The second-order valence-corrected chi connectivity index (χ2v) is 4.46. The Balaban J connectivity index is 1.72. The van der Waals surface area contributed by atoms with Crippen LogP contribution in [0.4, 0.5) is 0 Å². The first-order valence-electron chi connectivity index (χ1n) is 6.24. The Morgan fingerprint density at radius 3 is 3.22 bits per heavy atom. The van der Waals surface area contributed by atoms with Gasteiger partial charge in [0, 0.05) is 25.3 Å². The van der Waals surface area contributed by atoms with Gasteiger partial charge in [-0.3, -0.25) is 0 Å². The van der Waals surface area contributed by atoms with Crippen molar-refractivity contribution in [2.24, 2.45) is 5.92 Å². The maximum Gasteiger partial charge on any atom is 0.374 e. The van der Waals surface area contributed by atoms with Gasteiger partial charge < -0.3 is 19.2 Å². The zero-order chi connectivity index (χ0) is 12.8. The van der Waals surface area contributed by atoms with Crippen molar-refractivity contribution in [1.82, 2.24) is 5.32 Å². The summed E-state index contributed by atoms with van der Waals surface area (Å²) in [6, 6.07) is 1.79. The number of methoxy groups -OCH3 is 1.